The summed E-state index contributed by atoms with van der Waals surface area (Å²) in [6.07, 6.45) is 1.57. The van der Waals surface area contributed by atoms with E-state index < -0.39 is 0 Å². The van der Waals surface area contributed by atoms with Crippen molar-refractivity contribution < 1.29 is 9.32 Å². The van der Waals surface area contributed by atoms with Crippen LogP contribution in [0.5, 0.6) is 0 Å². The normalized spacial score (nSPS) is 10.8. The van der Waals surface area contributed by atoms with Crippen LogP contribution in [-0.2, 0) is 13.1 Å². The number of rotatable bonds is 5. The van der Waals surface area contributed by atoms with Crippen LogP contribution in [0.15, 0.2) is 41.1 Å². The van der Waals surface area contributed by atoms with E-state index in [4.69, 9.17) is 16.1 Å². The van der Waals surface area contributed by atoms with E-state index in [-0.39, 0.29) is 18.1 Å². The van der Waals surface area contributed by atoms with Crippen molar-refractivity contribution >= 4 is 17.5 Å². The van der Waals surface area contributed by atoms with Gasteiger partial charge in [0, 0.05) is 18.2 Å². The maximum atomic E-state index is 12.2. The molecule has 1 aromatic carbocycles. The zero-order chi connectivity index (χ0) is 17.1. The zero-order valence-corrected chi connectivity index (χ0v) is 14.2. The molecule has 0 unspecified atom stereocenters. The van der Waals surface area contributed by atoms with Gasteiger partial charge in [0.05, 0.1) is 23.5 Å². The molecular weight excluding hydrogens is 328 g/mol. The first-order chi connectivity index (χ1) is 11.6. The number of carbonyl (C=O) groups excluding carboxylic acids is 1. The lowest BCUT2D eigenvalue weighted by atomic mass is 10.1. The fraction of sp³-hybridized carbons (Fsp3) is 0.235. The average Bonchev–Trinajstić information content (AvgIpc) is 3.20. The molecule has 3 aromatic rings. The predicted molar refractivity (Wildman–Crippen MR) is 90.8 cm³/mol. The van der Waals surface area contributed by atoms with Crippen molar-refractivity contribution in [3.63, 3.8) is 0 Å². The van der Waals surface area contributed by atoms with Crippen molar-refractivity contribution in [3.8, 4) is 11.3 Å². The van der Waals surface area contributed by atoms with Gasteiger partial charge in [0.2, 0.25) is 0 Å². The lowest BCUT2D eigenvalue weighted by molar-refractivity contribution is 0.0941. The Hall–Kier alpha value is -2.60. The maximum Gasteiger partial charge on any atom is 0.273 e. The number of benzene rings is 1. The summed E-state index contributed by atoms with van der Waals surface area (Å²) >= 11 is 6.08. The molecule has 0 saturated carbocycles. The van der Waals surface area contributed by atoms with Gasteiger partial charge in [-0.15, -0.1) is 0 Å². The molecule has 0 atom stereocenters. The number of aryl methyl sites for hydroxylation is 2. The molecule has 0 fully saturated rings. The van der Waals surface area contributed by atoms with Crippen LogP contribution in [0.25, 0.3) is 11.3 Å². The Labute approximate surface area is 144 Å². The van der Waals surface area contributed by atoms with Crippen LogP contribution in [0.4, 0.5) is 0 Å². The maximum absolute atomic E-state index is 12.2. The molecule has 0 aliphatic heterocycles. The van der Waals surface area contributed by atoms with Gasteiger partial charge in [0.15, 0.2) is 11.5 Å². The summed E-state index contributed by atoms with van der Waals surface area (Å²) in [4.78, 5) is 12.2. The lowest BCUT2D eigenvalue weighted by Gasteiger charge is -2.06. The van der Waals surface area contributed by atoms with E-state index in [1.54, 1.807) is 16.9 Å². The summed E-state index contributed by atoms with van der Waals surface area (Å²) in [6.45, 7) is 4.92. The minimum atomic E-state index is -0.322. The predicted octanol–water partition coefficient (Wildman–Crippen LogP) is 3.45. The summed E-state index contributed by atoms with van der Waals surface area (Å²) < 4.78 is 7.00. The van der Waals surface area contributed by atoms with Crippen LogP contribution in [0.2, 0.25) is 5.02 Å². The van der Waals surface area contributed by atoms with Gasteiger partial charge in [0.25, 0.3) is 5.91 Å². The van der Waals surface area contributed by atoms with Gasteiger partial charge in [-0.25, -0.2) is 0 Å². The minimum absolute atomic E-state index is 0.226. The first kappa shape index (κ1) is 16.3. The zero-order valence-electron chi connectivity index (χ0n) is 13.4. The van der Waals surface area contributed by atoms with E-state index in [1.165, 1.54) is 0 Å². The van der Waals surface area contributed by atoms with Crippen molar-refractivity contribution in [2.45, 2.75) is 26.9 Å². The molecule has 24 heavy (non-hydrogen) atoms. The van der Waals surface area contributed by atoms with E-state index in [1.807, 2.05) is 38.1 Å². The number of hydrogen-bond donors (Lipinski definition) is 1. The molecule has 0 aliphatic carbocycles. The SMILES string of the molecule is CCn1ncc(Cl)c1CNC(=O)c1cc(-c2ccc(C)cc2)on1. The summed E-state index contributed by atoms with van der Waals surface area (Å²) in [5.41, 5.74) is 3.01. The first-order valence-electron chi connectivity index (χ1n) is 7.60. The first-order valence-corrected chi connectivity index (χ1v) is 7.98. The van der Waals surface area contributed by atoms with Crippen molar-refractivity contribution in [3.05, 3.63) is 58.5 Å². The van der Waals surface area contributed by atoms with Crippen LogP contribution >= 0.6 is 11.6 Å². The van der Waals surface area contributed by atoms with Gasteiger partial charge in [-0.3, -0.25) is 9.48 Å². The highest BCUT2D eigenvalue weighted by Gasteiger charge is 2.15. The lowest BCUT2D eigenvalue weighted by Crippen LogP contribution is -2.24. The molecule has 0 bridgehead atoms. The molecule has 0 radical (unpaired) electrons. The fourth-order valence-corrected chi connectivity index (χ4v) is 2.53. The Morgan fingerprint density at radius 2 is 2.08 bits per heavy atom. The molecule has 2 heterocycles. The van der Waals surface area contributed by atoms with E-state index in [9.17, 15) is 4.79 Å². The second-order valence-electron chi connectivity index (χ2n) is 5.38. The van der Waals surface area contributed by atoms with Gasteiger partial charge in [-0.2, -0.15) is 5.10 Å². The van der Waals surface area contributed by atoms with E-state index in [2.05, 4.69) is 15.6 Å². The van der Waals surface area contributed by atoms with Gasteiger partial charge in [0.1, 0.15) is 0 Å². The fourth-order valence-electron chi connectivity index (χ4n) is 2.33. The molecule has 124 valence electrons. The standard InChI is InChI=1S/C17H17ClN4O2/c1-3-22-15(13(18)9-20-22)10-19-17(23)14-8-16(24-21-14)12-6-4-11(2)5-7-12/h4-9H,3,10H2,1-2H3,(H,19,23). The van der Waals surface area contributed by atoms with Gasteiger partial charge >= 0.3 is 0 Å². The van der Waals surface area contributed by atoms with Gasteiger partial charge in [-0.1, -0.05) is 46.6 Å². The van der Waals surface area contributed by atoms with Crippen molar-refractivity contribution in [2.24, 2.45) is 0 Å². The Balaban J connectivity index is 1.70. The number of halogens is 1. The Bertz CT molecular complexity index is 852. The van der Waals surface area contributed by atoms with E-state index in [0.29, 0.717) is 17.3 Å². The molecule has 6 nitrogen and oxygen atoms in total. The molecule has 7 heteroatoms. The van der Waals surface area contributed by atoms with E-state index in [0.717, 1.165) is 16.8 Å². The molecule has 1 N–H and O–H groups in total. The van der Waals surface area contributed by atoms with E-state index >= 15 is 0 Å². The van der Waals surface area contributed by atoms with Crippen LogP contribution in [0, 0.1) is 6.92 Å². The van der Waals surface area contributed by atoms with Crippen molar-refractivity contribution in [2.75, 3.05) is 0 Å². The molecular formula is C17H17ClN4O2. The molecule has 2 aromatic heterocycles. The molecule has 0 saturated heterocycles. The van der Waals surface area contributed by atoms with Crippen LogP contribution in [0.1, 0.15) is 28.7 Å². The largest absolute Gasteiger partial charge is 0.355 e. The Kier molecular flexibility index (Phi) is 4.66. The third-order valence-corrected chi connectivity index (χ3v) is 4.01. The number of amides is 1. The highest BCUT2D eigenvalue weighted by molar-refractivity contribution is 6.31. The van der Waals surface area contributed by atoms with Crippen molar-refractivity contribution in [1.29, 1.82) is 0 Å². The molecule has 3 rings (SSSR count). The topological polar surface area (TPSA) is 73.0 Å². The second-order valence-corrected chi connectivity index (χ2v) is 5.79. The van der Waals surface area contributed by atoms with Gasteiger partial charge in [-0.05, 0) is 13.8 Å². The third kappa shape index (κ3) is 3.33. The quantitative estimate of drug-likeness (QED) is 0.769. The van der Waals surface area contributed by atoms with Gasteiger partial charge < -0.3 is 9.84 Å². The number of hydrogen-bond acceptors (Lipinski definition) is 4. The summed E-state index contributed by atoms with van der Waals surface area (Å²) in [7, 11) is 0. The highest BCUT2D eigenvalue weighted by atomic mass is 35.5. The summed E-state index contributed by atoms with van der Waals surface area (Å²) in [6, 6.07) is 9.43. The third-order valence-electron chi connectivity index (χ3n) is 3.69. The summed E-state index contributed by atoms with van der Waals surface area (Å²) in [5, 5.41) is 11.3. The number of aromatic nitrogens is 3. The average molecular weight is 345 g/mol. The molecule has 1 amide bonds. The monoisotopic (exact) mass is 344 g/mol. The molecule has 0 spiro atoms. The second kappa shape index (κ2) is 6.88. The van der Waals surface area contributed by atoms with Crippen molar-refractivity contribution in [1.82, 2.24) is 20.3 Å². The number of carbonyl (C=O) groups is 1. The highest BCUT2D eigenvalue weighted by Crippen LogP contribution is 2.21. The number of nitrogens with zero attached hydrogens (tertiary/aromatic N) is 3. The number of nitrogens with one attached hydrogen (secondary N) is 1. The Morgan fingerprint density at radius 1 is 1.33 bits per heavy atom. The van der Waals surface area contributed by atoms with Crippen LogP contribution in [0.3, 0.4) is 0 Å². The Morgan fingerprint density at radius 3 is 2.79 bits per heavy atom. The minimum Gasteiger partial charge on any atom is -0.355 e. The summed E-state index contributed by atoms with van der Waals surface area (Å²) in [5.74, 6) is 0.230. The van der Waals surface area contributed by atoms with Crippen LogP contribution < -0.4 is 5.32 Å². The van der Waals surface area contributed by atoms with Crippen LogP contribution in [-0.4, -0.2) is 20.8 Å². The molecule has 0 aliphatic rings. The smallest absolute Gasteiger partial charge is 0.273 e.